The van der Waals surface area contributed by atoms with Crippen molar-refractivity contribution < 1.29 is 14.4 Å². The molecule has 0 radical (unpaired) electrons. The van der Waals surface area contributed by atoms with E-state index in [-0.39, 0.29) is 11.3 Å². The van der Waals surface area contributed by atoms with Crippen LogP contribution in [-0.2, 0) is 0 Å². The van der Waals surface area contributed by atoms with E-state index in [1.54, 1.807) is 0 Å². The summed E-state index contributed by atoms with van der Waals surface area (Å²) < 4.78 is 13.0. The minimum Gasteiger partial charge on any atom is -0.508 e. The summed E-state index contributed by atoms with van der Waals surface area (Å²) in [4.78, 5) is 9.64. The summed E-state index contributed by atoms with van der Waals surface area (Å²) in [7, 11) is 0. The summed E-state index contributed by atoms with van der Waals surface area (Å²) >= 11 is 0. The third-order valence-electron chi connectivity index (χ3n) is 1.62. The van der Waals surface area contributed by atoms with Crippen LogP contribution in [0, 0.1) is 15.9 Å². The van der Waals surface area contributed by atoms with Crippen molar-refractivity contribution in [1.29, 1.82) is 0 Å². The molecular weight excluding hydrogens is 191 g/mol. The van der Waals surface area contributed by atoms with Gasteiger partial charge in [-0.05, 0) is 0 Å². The predicted octanol–water partition coefficient (Wildman–Crippen LogP) is 1.84. The number of nitrogens with zero attached hydrogens (tertiary/aromatic N) is 1. The number of nitro benzene ring substituents is 1. The summed E-state index contributed by atoms with van der Waals surface area (Å²) in [5.74, 6) is -1.42. The van der Waals surface area contributed by atoms with Crippen LogP contribution in [0.25, 0.3) is 5.76 Å². The van der Waals surface area contributed by atoms with Gasteiger partial charge in [-0.2, -0.15) is 0 Å². The lowest BCUT2D eigenvalue weighted by molar-refractivity contribution is -0.384. The molecule has 0 fully saturated rings. The summed E-state index contributed by atoms with van der Waals surface area (Å²) in [6.45, 7) is 3.07. The van der Waals surface area contributed by atoms with E-state index in [1.165, 1.54) is 0 Å². The summed E-state index contributed by atoms with van der Waals surface area (Å²) in [6, 6.07) is 1.61. The van der Waals surface area contributed by atoms with E-state index in [2.05, 4.69) is 6.58 Å². The molecule has 5 nitrogen and oxygen atoms in total. The van der Waals surface area contributed by atoms with E-state index in [4.69, 9.17) is 10.8 Å². The first-order valence-electron chi connectivity index (χ1n) is 3.55. The molecule has 0 aliphatic rings. The molecule has 1 rings (SSSR count). The molecule has 0 amide bonds. The minimum atomic E-state index is -0.847. The summed E-state index contributed by atoms with van der Waals surface area (Å²) in [5, 5.41) is 19.3. The lowest BCUT2D eigenvalue weighted by Gasteiger charge is -2.02. The number of nitro groups is 1. The van der Waals surface area contributed by atoms with Gasteiger partial charge in [-0.1, -0.05) is 6.58 Å². The van der Waals surface area contributed by atoms with E-state index in [9.17, 15) is 14.5 Å². The van der Waals surface area contributed by atoms with Crippen LogP contribution in [-0.4, -0.2) is 10.0 Å². The zero-order valence-corrected chi connectivity index (χ0v) is 7.03. The smallest absolute Gasteiger partial charge is 0.293 e. The number of nitrogen functional groups attached to an aromatic ring is 1. The van der Waals surface area contributed by atoms with Gasteiger partial charge >= 0.3 is 0 Å². The number of benzene rings is 1. The second kappa shape index (κ2) is 3.33. The summed E-state index contributed by atoms with van der Waals surface area (Å²) in [5.41, 5.74) is 4.12. The number of nitrogens with two attached hydrogens (primary N) is 1. The second-order valence-corrected chi connectivity index (χ2v) is 2.59. The van der Waals surface area contributed by atoms with E-state index >= 15 is 0 Å². The Morgan fingerprint density at radius 2 is 2.21 bits per heavy atom. The third-order valence-corrected chi connectivity index (χ3v) is 1.62. The molecule has 0 unspecified atom stereocenters. The fraction of sp³-hybridized carbons (Fsp3) is 0. The average molecular weight is 198 g/mol. The number of aliphatic hydroxyl groups is 1. The van der Waals surface area contributed by atoms with Gasteiger partial charge in [0.25, 0.3) is 5.69 Å². The lowest BCUT2D eigenvalue weighted by atomic mass is 10.1. The van der Waals surface area contributed by atoms with Gasteiger partial charge in [0.15, 0.2) is 0 Å². The van der Waals surface area contributed by atoms with Crippen LogP contribution >= 0.6 is 0 Å². The largest absolute Gasteiger partial charge is 0.508 e. The van der Waals surface area contributed by atoms with Gasteiger partial charge in [0, 0.05) is 12.1 Å². The molecule has 0 saturated carbocycles. The van der Waals surface area contributed by atoms with E-state index in [0.717, 1.165) is 12.1 Å². The first-order valence-corrected chi connectivity index (χ1v) is 3.55. The van der Waals surface area contributed by atoms with Gasteiger partial charge in [0.05, 0.1) is 10.5 Å². The maximum atomic E-state index is 13.0. The van der Waals surface area contributed by atoms with Gasteiger partial charge in [-0.3, -0.25) is 10.1 Å². The van der Waals surface area contributed by atoms with Crippen LogP contribution in [0.1, 0.15) is 5.56 Å². The van der Waals surface area contributed by atoms with Crippen molar-refractivity contribution in [2.45, 2.75) is 0 Å². The highest BCUT2D eigenvalue weighted by atomic mass is 19.1. The average Bonchev–Trinajstić information content (AvgIpc) is 2.02. The van der Waals surface area contributed by atoms with Crippen LogP contribution in [0.5, 0.6) is 0 Å². The number of anilines is 1. The number of hydrogen-bond donors (Lipinski definition) is 2. The quantitative estimate of drug-likeness (QED) is 0.328. The van der Waals surface area contributed by atoms with Gasteiger partial charge in [0.1, 0.15) is 17.3 Å². The van der Waals surface area contributed by atoms with Gasteiger partial charge in [-0.25, -0.2) is 4.39 Å². The van der Waals surface area contributed by atoms with Crippen molar-refractivity contribution >= 4 is 17.1 Å². The fourth-order valence-electron chi connectivity index (χ4n) is 0.956. The van der Waals surface area contributed by atoms with E-state index < -0.39 is 22.2 Å². The molecule has 0 aromatic heterocycles. The Hall–Kier alpha value is -2.11. The van der Waals surface area contributed by atoms with Crippen LogP contribution in [0.2, 0.25) is 0 Å². The highest BCUT2D eigenvalue weighted by Crippen LogP contribution is 2.27. The molecular formula is C8H7FN2O3. The maximum Gasteiger partial charge on any atom is 0.293 e. The van der Waals surface area contributed by atoms with E-state index in [0.29, 0.717) is 0 Å². The zero-order chi connectivity index (χ0) is 10.9. The van der Waals surface area contributed by atoms with Crippen molar-refractivity contribution in [2.75, 3.05) is 5.73 Å². The highest BCUT2D eigenvalue weighted by molar-refractivity contribution is 5.67. The first-order chi connectivity index (χ1) is 6.43. The fourth-order valence-corrected chi connectivity index (χ4v) is 0.956. The molecule has 74 valence electrons. The normalized spacial score (nSPS) is 9.79. The van der Waals surface area contributed by atoms with Gasteiger partial charge < -0.3 is 10.8 Å². The van der Waals surface area contributed by atoms with Crippen LogP contribution < -0.4 is 5.73 Å². The highest BCUT2D eigenvalue weighted by Gasteiger charge is 2.17. The van der Waals surface area contributed by atoms with Gasteiger partial charge in [0.2, 0.25) is 0 Å². The molecule has 0 aliphatic heterocycles. The molecule has 0 bridgehead atoms. The monoisotopic (exact) mass is 198 g/mol. The standard InChI is InChI=1S/C8H7FN2O3/c1-4(12)5-2-8(11(13)14)7(10)3-6(5)9/h2-3,12H,1,10H2. The Labute approximate surface area is 78.4 Å². The van der Waals surface area contributed by atoms with Crippen LogP contribution in [0.3, 0.4) is 0 Å². The molecule has 0 atom stereocenters. The molecule has 1 aromatic carbocycles. The molecule has 14 heavy (non-hydrogen) atoms. The molecule has 0 heterocycles. The molecule has 0 saturated heterocycles. The lowest BCUT2D eigenvalue weighted by Crippen LogP contribution is -1.99. The Morgan fingerprint density at radius 1 is 1.64 bits per heavy atom. The number of rotatable bonds is 2. The maximum absolute atomic E-state index is 13.0. The molecule has 0 spiro atoms. The van der Waals surface area contributed by atoms with Crippen LogP contribution in [0.4, 0.5) is 15.8 Å². The molecule has 1 aromatic rings. The summed E-state index contributed by atoms with van der Waals surface area (Å²) in [6.07, 6.45) is 0. The Kier molecular flexibility index (Phi) is 2.37. The molecule has 0 aliphatic carbocycles. The first kappa shape index (κ1) is 9.97. The Balaban J connectivity index is 3.42. The minimum absolute atomic E-state index is 0.294. The van der Waals surface area contributed by atoms with Crippen molar-refractivity contribution in [3.05, 3.63) is 40.2 Å². The van der Waals surface area contributed by atoms with Gasteiger partial charge in [-0.15, -0.1) is 0 Å². The number of hydrogen-bond acceptors (Lipinski definition) is 4. The second-order valence-electron chi connectivity index (χ2n) is 2.59. The van der Waals surface area contributed by atoms with Crippen LogP contribution in [0.15, 0.2) is 18.7 Å². The van der Waals surface area contributed by atoms with Crippen molar-refractivity contribution in [3.63, 3.8) is 0 Å². The Morgan fingerprint density at radius 3 is 2.64 bits per heavy atom. The topological polar surface area (TPSA) is 89.4 Å². The molecule has 3 N–H and O–H groups in total. The van der Waals surface area contributed by atoms with Crippen molar-refractivity contribution in [1.82, 2.24) is 0 Å². The van der Waals surface area contributed by atoms with Crippen molar-refractivity contribution in [3.8, 4) is 0 Å². The van der Waals surface area contributed by atoms with E-state index in [1.807, 2.05) is 0 Å². The zero-order valence-electron chi connectivity index (χ0n) is 7.03. The predicted molar refractivity (Wildman–Crippen MR) is 49.1 cm³/mol. The number of halogens is 1. The number of aliphatic hydroxyl groups excluding tert-OH is 1. The Bertz CT molecular complexity index is 382. The molecule has 6 heteroatoms. The third kappa shape index (κ3) is 1.63. The van der Waals surface area contributed by atoms with Crippen molar-refractivity contribution in [2.24, 2.45) is 0 Å². The SMILES string of the molecule is C=C(O)c1cc([N+](=O)[O-])c(N)cc1F.